The third-order valence-corrected chi connectivity index (χ3v) is 4.56. The summed E-state index contributed by atoms with van der Waals surface area (Å²) in [6.07, 6.45) is 5.75. The van der Waals surface area contributed by atoms with Crippen LogP contribution in [-0.4, -0.2) is 25.3 Å². The molecule has 2 rings (SSSR count). The molecule has 20 heavy (non-hydrogen) atoms. The Labute approximate surface area is 129 Å². The third kappa shape index (κ3) is 4.83. The maximum Gasteiger partial charge on any atom is 0.123 e. The van der Waals surface area contributed by atoms with E-state index >= 15 is 0 Å². The monoisotopic (exact) mass is 343 g/mol. The molecule has 1 fully saturated rings. The molecular weight excluding hydrogens is 321 g/mol. The molecule has 1 heterocycles. The van der Waals surface area contributed by atoms with Crippen LogP contribution in [0.25, 0.3) is 0 Å². The maximum absolute atomic E-state index is 13.4. The first kappa shape index (κ1) is 15.9. The molecule has 0 aromatic heterocycles. The molecule has 1 aromatic rings. The Morgan fingerprint density at radius 1 is 1.45 bits per heavy atom. The van der Waals surface area contributed by atoms with Gasteiger partial charge in [-0.2, -0.15) is 0 Å². The number of hydrogen-bond donors (Lipinski definition) is 1. The number of rotatable bonds is 6. The fourth-order valence-corrected chi connectivity index (χ4v) is 3.21. The second-order valence-corrected chi connectivity index (χ2v) is 6.27. The van der Waals surface area contributed by atoms with Gasteiger partial charge in [0, 0.05) is 17.1 Å². The van der Waals surface area contributed by atoms with Gasteiger partial charge in [-0.3, -0.25) is 0 Å². The van der Waals surface area contributed by atoms with Crippen molar-refractivity contribution in [1.82, 2.24) is 5.32 Å². The molecule has 1 aliphatic heterocycles. The van der Waals surface area contributed by atoms with E-state index in [-0.39, 0.29) is 5.82 Å². The Morgan fingerprint density at radius 2 is 2.30 bits per heavy atom. The Morgan fingerprint density at radius 3 is 3.00 bits per heavy atom. The smallest absolute Gasteiger partial charge is 0.123 e. The average Bonchev–Trinajstić information content (AvgIpc) is 2.44. The van der Waals surface area contributed by atoms with Crippen LogP contribution in [0.1, 0.15) is 38.2 Å². The summed E-state index contributed by atoms with van der Waals surface area (Å²) in [4.78, 5) is 0. The lowest BCUT2D eigenvalue weighted by Gasteiger charge is -2.27. The van der Waals surface area contributed by atoms with Gasteiger partial charge in [0.05, 0.1) is 6.10 Å². The van der Waals surface area contributed by atoms with Crippen LogP contribution in [0.15, 0.2) is 22.7 Å². The second kappa shape index (κ2) is 8.11. The topological polar surface area (TPSA) is 21.3 Å². The van der Waals surface area contributed by atoms with Crippen molar-refractivity contribution >= 4 is 15.9 Å². The van der Waals surface area contributed by atoms with Gasteiger partial charge >= 0.3 is 0 Å². The van der Waals surface area contributed by atoms with Crippen LogP contribution in [0.4, 0.5) is 4.39 Å². The van der Waals surface area contributed by atoms with Gasteiger partial charge in [0.1, 0.15) is 5.82 Å². The quantitative estimate of drug-likeness (QED) is 0.840. The van der Waals surface area contributed by atoms with Crippen molar-refractivity contribution in [1.29, 1.82) is 0 Å². The summed E-state index contributed by atoms with van der Waals surface area (Å²) >= 11 is 3.51. The number of halogens is 2. The van der Waals surface area contributed by atoms with Crippen molar-refractivity contribution < 1.29 is 9.13 Å². The first-order valence-corrected chi connectivity index (χ1v) is 8.27. The summed E-state index contributed by atoms with van der Waals surface area (Å²) in [7, 11) is 0. The van der Waals surface area contributed by atoms with Crippen molar-refractivity contribution in [2.24, 2.45) is 0 Å². The Balaban J connectivity index is 1.98. The first-order chi connectivity index (χ1) is 9.69. The molecule has 0 spiro atoms. The van der Waals surface area contributed by atoms with Crippen LogP contribution in [0.3, 0.4) is 0 Å². The lowest BCUT2D eigenvalue weighted by Crippen LogP contribution is -2.36. The predicted molar refractivity (Wildman–Crippen MR) is 83.5 cm³/mol. The van der Waals surface area contributed by atoms with E-state index in [2.05, 4.69) is 28.2 Å². The Kier molecular flexibility index (Phi) is 6.46. The molecule has 112 valence electrons. The van der Waals surface area contributed by atoms with Crippen molar-refractivity contribution in [2.45, 2.75) is 51.2 Å². The normalized spacial score (nSPS) is 20.9. The van der Waals surface area contributed by atoms with Gasteiger partial charge in [-0.15, -0.1) is 0 Å². The highest BCUT2D eigenvalue weighted by Gasteiger charge is 2.20. The molecule has 0 amide bonds. The fraction of sp³-hybridized carbons (Fsp3) is 0.625. The van der Waals surface area contributed by atoms with Crippen molar-refractivity contribution in [3.63, 3.8) is 0 Å². The number of likely N-dealkylation sites (N-methyl/N-ethyl adjacent to an activating group) is 1. The standard InChI is InChI=1S/C16H23BrFNO/c1-2-19-14(11-15-5-3-4-8-20-15)10-12-9-13(18)6-7-16(12)17/h6-7,9,14-15,19H,2-5,8,10-11H2,1H3. The molecule has 2 nitrogen and oxygen atoms in total. The van der Waals surface area contributed by atoms with E-state index in [0.29, 0.717) is 12.1 Å². The van der Waals surface area contributed by atoms with Crippen molar-refractivity contribution in [3.05, 3.63) is 34.1 Å². The molecule has 1 aromatic carbocycles. The fourth-order valence-electron chi connectivity index (χ4n) is 2.80. The average molecular weight is 344 g/mol. The molecule has 1 aliphatic rings. The molecule has 1 N–H and O–H groups in total. The van der Waals surface area contributed by atoms with Gasteiger partial charge in [0.25, 0.3) is 0 Å². The van der Waals surface area contributed by atoms with Gasteiger partial charge in [0.2, 0.25) is 0 Å². The number of hydrogen-bond acceptors (Lipinski definition) is 2. The van der Waals surface area contributed by atoms with Crippen LogP contribution in [0.5, 0.6) is 0 Å². The van der Waals surface area contributed by atoms with Gasteiger partial charge in [0.15, 0.2) is 0 Å². The minimum absolute atomic E-state index is 0.174. The van der Waals surface area contributed by atoms with E-state index < -0.39 is 0 Å². The predicted octanol–water partition coefficient (Wildman–Crippen LogP) is 4.07. The van der Waals surface area contributed by atoms with Crippen molar-refractivity contribution in [2.75, 3.05) is 13.2 Å². The zero-order valence-electron chi connectivity index (χ0n) is 12.0. The summed E-state index contributed by atoms with van der Waals surface area (Å²) in [6, 6.07) is 5.22. The molecule has 2 unspecified atom stereocenters. The van der Waals surface area contributed by atoms with E-state index in [1.54, 1.807) is 12.1 Å². The van der Waals surface area contributed by atoms with Crippen molar-refractivity contribution in [3.8, 4) is 0 Å². The van der Waals surface area contributed by atoms with E-state index in [0.717, 1.165) is 42.5 Å². The zero-order chi connectivity index (χ0) is 14.4. The minimum atomic E-state index is -0.174. The van der Waals surface area contributed by atoms with Crippen LogP contribution in [0.2, 0.25) is 0 Å². The summed E-state index contributed by atoms with van der Waals surface area (Å²) in [5.41, 5.74) is 1.02. The zero-order valence-corrected chi connectivity index (χ0v) is 13.6. The summed E-state index contributed by atoms with van der Waals surface area (Å²) in [5, 5.41) is 3.50. The van der Waals surface area contributed by atoms with Crippen LogP contribution >= 0.6 is 15.9 Å². The molecule has 0 radical (unpaired) electrons. The third-order valence-electron chi connectivity index (χ3n) is 3.79. The molecule has 2 atom stereocenters. The van der Waals surface area contributed by atoms with Crippen LogP contribution < -0.4 is 5.32 Å². The summed E-state index contributed by atoms with van der Waals surface area (Å²) in [5.74, 6) is -0.174. The van der Waals surface area contributed by atoms with E-state index in [4.69, 9.17) is 4.74 Å². The number of nitrogens with one attached hydrogen (secondary N) is 1. The lowest BCUT2D eigenvalue weighted by molar-refractivity contribution is 0.00534. The lowest BCUT2D eigenvalue weighted by atomic mass is 9.97. The Hall–Kier alpha value is -0.450. The van der Waals surface area contributed by atoms with E-state index in [9.17, 15) is 4.39 Å². The second-order valence-electron chi connectivity index (χ2n) is 5.42. The van der Waals surface area contributed by atoms with Crippen LogP contribution in [-0.2, 0) is 11.2 Å². The SMILES string of the molecule is CCNC(Cc1cc(F)ccc1Br)CC1CCCCO1. The molecule has 1 saturated heterocycles. The Bertz CT molecular complexity index is 421. The van der Waals surface area contributed by atoms with Gasteiger partial charge in [-0.05, 0) is 62.4 Å². The highest BCUT2D eigenvalue weighted by molar-refractivity contribution is 9.10. The van der Waals surface area contributed by atoms with Crippen LogP contribution in [0, 0.1) is 5.82 Å². The largest absolute Gasteiger partial charge is 0.378 e. The molecule has 0 saturated carbocycles. The van der Waals surface area contributed by atoms with E-state index in [1.807, 2.05) is 0 Å². The number of benzene rings is 1. The van der Waals surface area contributed by atoms with Gasteiger partial charge in [-0.25, -0.2) is 4.39 Å². The van der Waals surface area contributed by atoms with Gasteiger partial charge < -0.3 is 10.1 Å². The summed E-state index contributed by atoms with van der Waals surface area (Å²) < 4.78 is 20.2. The molecule has 4 heteroatoms. The molecule has 0 aliphatic carbocycles. The highest BCUT2D eigenvalue weighted by atomic mass is 79.9. The molecule has 0 bridgehead atoms. The summed E-state index contributed by atoms with van der Waals surface area (Å²) in [6.45, 7) is 3.91. The van der Waals surface area contributed by atoms with E-state index in [1.165, 1.54) is 18.9 Å². The molecular formula is C16H23BrFNO. The minimum Gasteiger partial charge on any atom is -0.378 e. The highest BCUT2D eigenvalue weighted by Crippen LogP contribution is 2.23. The number of ether oxygens (including phenoxy) is 1. The first-order valence-electron chi connectivity index (χ1n) is 7.48. The van der Waals surface area contributed by atoms with Gasteiger partial charge in [-0.1, -0.05) is 22.9 Å². The maximum atomic E-state index is 13.4.